The molecule has 0 spiro atoms. The van der Waals surface area contributed by atoms with E-state index in [4.69, 9.17) is 5.73 Å². The maximum Gasteiger partial charge on any atom is 0.0944 e. The SMILES string of the molecule is C=CC(N)NC(=C)NC. The molecule has 4 N–H and O–H groups in total. The Hall–Kier alpha value is -0.960. The third-order valence-corrected chi connectivity index (χ3v) is 0.897. The molecule has 0 saturated carbocycles. The van der Waals surface area contributed by atoms with E-state index in [0.717, 1.165) is 0 Å². The molecule has 0 rings (SSSR count). The summed E-state index contributed by atoms with van der Waals surface area (Å²) in [5.74, 6) is 0.697. The van der Waals surface area contributed by atoms with Gasteiger partial charge in [0.15, 0.2) is 0 Å². The van der Waals surface area contributed by atoms with Gasteiger partial charge in [-0.05, 0) is 0 Å². The Labute approximate surface area is 55.6 Å². The summed E-state index contributed by atoms with van der Waals surface area (Å²) in [7, 11) is 1.77. The van der Waals surface area contributed by atoms with Crippen molar-refractivity contribution in [3.8, 4) is 0 Å². The smallest absolute Gasteiger partial charge is 0.0944 e. The lowest BCUT2D eigenvalue weighted by Crippen LogP contribution is -2.37. The summed E-state index contributed by atoms with van der Waals surface area (Å²) in [6.45, 7) is 7.10. The predicted molar refractivity (Wildman–Crippen MR) is 39.5 cm³/mol. The maximum absolute atomic E-state index is 5.42. The lowest BCUT2D eigenvalue weighted by molar-refractivity contribution is 0.660. The monoisotopic (exact) mass is 127 g/mol. The van der Waals surface area contributed by atoms with E-state index in [0.29, 0.717) is 5.82 Å². The molecule has 0 aliphatic rings. The van der Waals surface area contributed by atoms with Crippen molar-refractivity contribution in [3.63, 3.8) is 0 Å². The first-order valence-electron chi connectivity index (χ1n) is 2.72. The topological polar surface area (TPSA) is 50.1 Å². The standard InChI is InChI=1S/C6H13N3/c1-4-6(7)9-5(2)8-3/h4,6,8-9H,1-2,7H2,3H3. The number of nitrogens with one attached hydrogen (secondary N) is 2. The van der Waals surface area contributed by atoms with Crippen molar-refractivity contribution in [1.29, 1.82) is 0 Å². The summed E-state index contributed by atoms with van der Waals surface area (Å²) in [6, 6.07) is 0. The van der Waals surface area contributed by atoms with Crippen LogP contribution in [0.5, 0.6) is 0 Å². The lowest BCUT2D eigenvalue weighted by Gasteiger charge is -2.11. The normalized spacial score (nSPS) is 11.8. The number of hydrogen-bond acceptors (Lipinski definition) is 3. The van der Waals surface area contributed by atoms with E-state index in [9.17, 15) is 0 Å². The molecule has 0 saturated heterocycles. The average Bonchev–Trinajstić information content (AvgIpc) is 1.87. The minimum atomic E-state index is -0.218. The second-order valence-electron chi connectivity index (χ2n) is 1.63. The van der Waals surface area contributed by atoms with Gasteiger partial charge in [0.25, 0.3) is 0 Å². The van der Waals surface area contributed by atoms with E-state index < -0.39 is 0 Å². The van der Waals surface area contributed by atoms with Crippen molar-refractivity contribution in [2.45, 2.75) is 6.17 Å². The third kappa shape index (κ3) is 3.61. The van der Waals surface area contributed by atoms with Crippen LogP contribution in [0.15, 0.2) is 25.1 Å². The van der Waals surface area contributed by atoms with Gasteiger partial charge in [0.05, 0.1) is 12.0 Å². The molecule has 0 aliphatic heterocycles. The summed E-state index contributed by atoms with van der Waals surface area (Å²) in [4.78, 5) is 0. The molecule has 0 heterocycles. The van der Waals surface area contributed by atoms with Gasteiger partial charge in [-0.3, -0.25) is 0 Å². The first-order chi connectivity index (χ1) is 4.20. The van der Waals surface area contributed by atoms with Crippen molar-refractivity contribution in [3.05, 3.63) is 25.1 Å². The fourth-order valence-corrected chi connectivity index (χ4v) is 0.332. The minimum absolute atomic E-state index is 0.218. The molecular weight excluding hydrogens is 114 g/mol. The van der Waals surface area contributed by atoms with Crippen LogP contribution in [0.3, 0.4) is 0 Å². The van der Waals surface area contributed by atoms with Crippen LogP contribution in [0.25, 0.3) is 0 Å². The highest BCUT2D eigenvalue weighted by Gasteiger charge is 1.92. The molecule has 0 aromatic heterocycles. The molecule has 0 aliphatic carbocycles. The van der Waals surface area contributed by atoms with Gasteiger partial charge in [-0.2, -0.15) is 0 Å². The van der Waals surface area contributed by atoms with E-state index in [1.54, 1.807) is 13.1 Å². The zero-order chi connectivity index (χ0) is 7.28. The largest absolute Gasteiger partial charge is 0.375 e. The van der Waals surface area contributed by atoms with Crippen LogP contribution in [-0.4, -0.2) is 13.2 Å². The van der Waals surface area contributed by atoms with Gasteiger partial charge in [0.1, 0.15) is 0 Å². The van der Waals surface area contributed by atoms with Crippen LogP contribution >= 0.6 is 0 Å². The highest BCUT2D eigenvalue weighted by atomic mass is 15.1. The van der Waals surface area contributed by atoms with E-state index >= 15 is 0 Å². The number of nitrogens with two attached hydrogens (primary N) is 1. The number of hydrogen-bond donors (Lipinski definition) is 3. The Bertz CT molecular complexity index is 109. The van der Waals surface area contributed by atoms with Crippen molar-refractivity contribution in [1.82, 2.24) is 10.6 Å². The molecule has 0 bridgehead atoms. The molecule has 3 nitrogen and oxygen atoms in total. The third-order valence-electron chi connectivity index (χ3n) is 0.897. The Morgan fingerprint density at radius 1 is 1.78 bits per heavy atom. The average molecular weight is 127 g/mol. The minimum Gasteiger partial charge on any atom is -0.375 e. The van der Waals surface area contributed by atoms with Gasteiger partial charge in [0.2, 0.25) is 0 Å². The van der Waals surface area contributed by atoms with Gasteiger partial charge in [-0.25, -0.2) is 0 Å². The Morgan fingerprint density at radius 3 is 2.67 bits per heavy atom. The second-order valence-corrected chi connectivity index (χ2v) is 1.63. The Kier molecular flexibility index (Phi) is 3.55. The highest BCUT2D eigenvalue weighted by Crippen LogP contribution is 1.77. The molecule has 0 fully saturated rings. The summed E-state index contributed by atoms with van der Waals surface area (Å²) in [5.41, 5.74) is 5.42. The highest BCUT2D eigenvalue weighted by molar-refractivity contribution is 4.93. The van der Waals surface area contributed by atoms with Crippen molar-refractivity contribution in [2.24, 2.45) is 5.73 Å². The van der Waals surface area contributed by atoms with E-state index in [1.165, 1.54) is 0 Å². The lowest BCUT2D eigenvalue weighted by atomic mass is 10.5. The first kappa shape index (κ1) is 8.04. The molecule has 0 aromatic carbocycles. The molecule has 0 radical (unpaired) electrons. The van der Waals surface area contributed by atoms with Crippen molar-refractivity contribution in [2.75, 3.05) is 7.05 Å². The van der Waals surface area contributed by atoms with E-state index in [1.807, 2.05) is 0 Å². The van der Waals surface area contributed by atoms with Crippen LogP contribution in [0, 0.1) is 0 Å². The van der Waals surface area contributed by atoms with Gasteiger partial charge >= 0.3 is 0 Å². The summed E-state index contributed by atoms with van der Waals surface area (Å²) in [5, 5.41) is 5.63. The molecular formula is C6H13N3. The quantitative estimate of drug-likeness (QED) is 0.360. The van der Waals surface area contributed by atoms with Crippen LogP contribution < -0.4 is 16.4 Å². The van der Waals surface area contributed by atoms with Gasteiger partial charge in [-0.1, -0.05) is 19.2 Å². The molecule has 9 heavy (non-hydrogen) atoms. The summed E-state index contributed by atoms with van der Waals surface area (Å²) < 4.78 is 0. The molecule has 3 heteroatoms. The molecule has 0 amide bonds. The van der Waals surface area contributed by atoms with Crippen molar-refractivity contribution < 1.29 is 0 Å². The molecule has 52 valence electrons. The zero-order valence-corrected chi connectivity index (χ0v) is 5.65. The Balaban J connectivity index is 3.46. The zero-order valence-electron chi connectivity index (χ0n) is 5.65. The van der Waals surface area contributed by atoms with Gasteiger partial charge in [-0.15, -0.1) is 0 Å². The molecule has 0 aromatic rings. The van der Waals surface area contributed by atoms with Gasteiger partial charge in [0, 0.05) is 7.05 Å². The second kappa shape index (κ2) is 3.97. The van der Waals surface area contributed by atoms with Crippen LogP contribution in [0.1, 0.15) is 0 Å². The first-order valence-corrected chi connectivity index (χ1v) is 2.72. The molecule has 1 unspecified atom stereocenters. The van der Waals surface area contributed by atoms with Crippen LogP contribution in [0.2, 0.25) is 0 Å². The van der Waals surface area contributed by atoms with Crippen molar-refractivity contribution >= 4 is 0 Å². The summed E-state index contributed by atoms with van der Waals surface area (Å²) >= 11 is 0. The summed E-state index contributed by atoms with van der Waals surface area (Å²) in [6.07, 6.45) is 1.38. The van der Waals surface area contributed by atoms with E-state index in [2.05, 4.69) is 23.8 Å². The Morgan fingerprint density at radius 2 is 2.33 bits per heavy atom. The van der Waals surface area contributed by atoms with Gasteiger partial charge < -0.3 is 16.4 Å². The molecule has 1 atom stereocenters. The fourth-order valence-electron chi connectivity index (χ4n) is 0.332. The van der Waals surface area contributed by atoms with E-state index in [-0.39, 0.29) is 6.17 Å². The fraction of sp³-hybridized carbons (Fsp3) is 0.333. The number of rotatable bonds is 4. The van der Waals surface area contributed by atoms with Crippen LogP contribution in [0.4, 0.5) is 0 Å². The van der Waals surface area contributed by atoms with Crippen LogP contribution in [-0.2, 0) is 0 Å². The maximum atomic E-state index is 5.42. The predicted octanol–water partition coefficient (Wildman–Crippen LogP) is -0.263.